The summed E-state index contributed by atoms with van der Waals surface area (Å²) in [4.78, 5) is 26.1. The maximum absolute atomic E-state index is 12.5. The summed E-state index contributed by atoms with van der Waals surface area (Å²) in [5.74, 6) is 0.473. The van der Waals surface area contributed by atoms with E-state index < -0.39 is 0 Å². The van der Waals surface area contributed by atoms with Crippen LogP contribution < -0.4 is 5.32 Å². The van der Waals surface area contributed by atoms with Gasteiger partial charge in [0.15, 0.2) is 0 Å². The quantitative estimate of drug-likeness (QED) is 0.853. The summed E-state index contributed by atoms with van der Waals surface area (Å²) in [5.41, 5.74) is 0.560. The zero-order chi connectivity index (χ0) is 19.4. The first-order chi connectivity index (χ1) is 11.4. The molecule has 1 aromatic heterocycles. The van der Waals surface area contributed by atoms with Gasteiger partial charge in [-0.3, -0.25) is 9.59 Å². The Morgan fingerprint density at radius 2 is 1.76 bits per heavy atom. The normalized spacial score (nSPS) is 12.2. The molecule has 0 atom stereocenters. The lowest BCUT2D eigenvalue weighted by Gasteiger charge is -2.24. The molecular weight excluding hydrogens is 316 g/mol. The van der Waals surface area contributed by atoms with Crippen molar-refractivity contribution in [3.8, 4) is 0 Å². The van der Waals surface area contributed by atoms with Crippen molar-refractivity contribution in [2.45, 2.75) is 79.2 Å². The van der Waals surface area contributed by atoms with Gasteiger partial charge in [0.1, 0.15) is 5.82 Å². The lowest BCUT2D eigenvalue weighted by atomic mass is 9.92. The van der Waals surface area contributed by atoms with Crippen LogP contribution >= 0.6 is 0 Å². The molecule has 0 spiro atoms. The third kappa shape index (κ3) is 5.87. The first-order valence-corrected chi connectivity index (χ1v) is 9.08. The van der Waals surface area contributed by atoms with E-state index in [-0.39, 0.29) is 29.3 Å². The van der Waals surface area contributed by atoms with Gasteiger partial charge in [-0.15, -0.1) is 0 Å². The average molecular weight is 351 g/mol. The number of aromatic nitrogens is 2. The molecular formula is C19H34N4O2. The largest absolute Gasteiger partial charge is 0.333 e. The monoisotopic (exact) mass is 350 g/mol. The maximum Gasteiger partial charge on any atom is 0.245 e. The molecule has 6 heteroatoms. The maximum atomic E-state index is 12.5. The Morgan fingerprint density at radius 1 is 1.16 bits per heavy atom. The van der Waals surface area contributed by atoms with Gasteiger partial charge in [0.2, 0.25) is 11.8 Å². The van der Waals surface area contributed by atoms with Gasteiger partial charge in [0.05, 0.1) is 17.8 Å². The summed E-state index contributed by atoms with van der Waals surface area (Å²) < 4.78 is 1.84. The van der Waals surface area contributed by atoms with Crippen LogP contribution in [0.1, 0.15) is 73.9 Å². The number of anilines is 1. The van der Waals surface area contributed by atoms with Crippen LogP contribution in [0.3, 0.4) is 0 Å². The number of carbonyl (C=O) groups excluding carboxylic acids is 2. The van der Waals surface area contributed by atoms with E-state index in [1.807, 2.05) is 45.4 Å². The van der Waals surface area contributed by atoms with Crippen molar-refractivity contribution in [3.63, 3.8) is 0 Å². The topological polar surface area (TPSA) is 67.2 Å². The summed E-state index contributed by atoms with van der Waals surface area (Å²) >= 11 is 0. The molecule has 1 heterocycles. The first-order valence-electron chi connectivity index (χ1n) is 9.08. The molecule has 0 aromatic carbocycles. The van der Waals surface area contributed by atoms with Gasteiger partial charge in [-0.1, -0.05) is 34.6 Å². The Kier molecular flexibility index (Phi) is 6.80. The minimum Gasteiger partial charge on any atom is -0.333 e. The standard InChI is InChI=1S/C19H34N4O2/c1-9-11-22(17(25)10-2)13-16(24)20-15-12-14(18(3,4)5)21-23(15)19(6,7)8/h12H,9-11,13H2,1-8H3,(H,20,24). The lowest BCUT2D eigenvalue weighted by molar-refractivity contribution is -0.134. The van der Waals surface area contributed by atoms with Gasteiger partial charge < -0.3 is 10.2 Å². The second kappa shape index (κ2) is 8.02. The fourth-order valence-corrected chi connectivity index (χ4v) is 2.49. The number of amides is 2. The third-order valence-electron chi connectivity index (χ3n) is 3.86. The SMILES string of the molecule is CCCN(CC(=O)Nc1cc(C(C)(C)C)nn1C(C)(C)C)C(=O)CC. The molecule has 1 aromatic rings. The fraction of sp³-hybridized carbons (Fsp3) is 0.737. The van der Waals surface area contributed by atoms with Crippen LogP contribution in [0.15, 0.2) is 6.07 Å². The molecule has 0 bridgehead atoms. The highest BCUT2D eigenvalue weighted by atomic mass is 16.2. The smallest absolute Gasteiger partial charge is 0.245 e. The third-order valence-corrected chi connectivity index (χ3v) is 3.86. The van der Waals surface area contributed by atoms with Gasteiger partial charge in [-0.05, 0) is 27.2 Å². The minimum absolute atomic E-state index is 0.00305. The van der Waals surface area contributed by atoms with Gasteiger partial charge in [0, 0.05) is 24.4 Å². The fourth-order valence-electron chi connectivity index (χ4n) is 2.49. The van der Waals surface area contributed by atoms with E-state index in [9.17, 15) is 9.59 Å². The number of hydrogen-bond acceptors (Lipinski definition) is 3. The zero-order valence-electron chi connectivity index (χ0n) is 17.1. The van der Waals surface area contributed by atoms with Crippen LogP contribution in [0.4, 0.5) is 5.82 Å². The zero-order valence-corrected chi connectivity index (χ0v) is 17.1. The van der Waals surface area contributed by atoms with E-state index in [2.05, 4.69) is 26.1 Å². The van der Waals surface area contributed by atoms with E-state index in [1.165, 1.54) is 0 Å². The molecule has 0 aliphatic heterocycles. The highest BCUT2D eigenvalue weighted by Crippen LogP contribution is 2.28. The van der Waals surface area contributed by atoms with Crippen molar-refractivity contribution in [3.05, 3.63) is 11.8 Å². The van der Waals surface area contributed by atoms with Crippen molar-refractivity contribution >= 4 is 17.6 Å². The van der Waals surface area contributed by atoms with E-state index in [0.717, 1.165) is 12.1 Å². The molecule has 2 amide bonds. The molecule has 25 heavy (non-hydrogen) atoms. The summed E-state index contributed by atoms with van der Waals surface area (Å²) in [5, 5.41) is 7.64. The predicted molar refractivity (Wildman–Crippen MR) is 102 cm³/mol. The van der Waals surface area contributed by atoms with Crippen LogP contribution in [0, 0.1) is 0 Å². The van der Waals surface area contributed by atoms with E-state index >= 15 is 0 Å². The summed E-state index contributed by atoms with van der Waals surface area (Å²) in [7, 11) is 0. The van der Waals surface area contributed by atoms with Crippen molar-refractivity contribution in [1.29, 1.82) is 0 Å². The van der Waals surface area contributed by atoms with Gasteiger partial charge in [-0.2, -0.15) is 5.10 Å². The number of nitrogens with one attached hydrogen (secondary N) is 1. The van der Waals surface area contributed by atoms with Crippen LogP contribution in [0.5, 0.6) is 0 Å². The lowest BCUT2D eigenvalue weighted by Crippen LogP contribution is -2.38. The predicted octanol–water partition coefficient (Wildman–Crippen LogP) is 3.52. The molecule has 1 rings (SSSR count). The number of nitrogens with zero attached hydrogens (tertiary/aromatic N) is 3. The average Bonchev–Trinajstić information content (AvgIpc) is 2.90. The molecule has 1 N–H and O–H groups in total. The van der Waals surface area contributed by atoms with Crippen LogP contribution in [0.2, 0.25) is 0 Å². The van der Waals surface area contributed by atoms with Crippen molar-refractivity contribution < 1.29 is 9.59 Å². The van der Waals surface area contributed by atoms with Crippen LogP contribution in [-0.4, -0.2) is 39.6 Å². The molecule has 0 fully saturated rings. The van der Waals surface area contributed by atoms with Gasteiger partial charge in [0.25, 0.3) is 0 Å². The second-order valence-electron chi connectivity index (χ2n) is 8.46. The van der Waals surface area contributed by atoms with Crippen molar-refractivity contribution in [2.24, 2.45) is 0 Å². The van der Waals surface area contributed by atoms with Gasteiger partial charge in [-0.25, -0.2) is 4.68 Å². The Morgan fingerprint density at radius 3 is 2.20 bits per heavy atom. The van der Waals surface area contributed by atoms with Crippen LogP contribution in [0.25, 0.3) is 0 Å². The Labute approximate surface area is 152 Å². The molecule has 142 valence electrons. The first kappa shape index (κ1) is 21.2. The number of carbonyl (C=O) groups is 2. The molecule has 0 aliphatic carbocycles. The molecule has 6 nitrogen and oxygen atoms in total. The van der Waals surface area contributed by atoms with E-state index in [0.29, 0.717) is 18.8 Å². The summed E-state index contributed by atoms with van der Waals surface area (Å²) in [6.45, 7) is 16.9. The minimum atomic E-state index is -0.255. The molecule has 0 unspecified atom stereocenters. The van der Waals surface area contributed by atoms with Crippen molar-refractivity contribution in [2.75, 3.05) is 18.4 Å². The second-order valence-corrected chi connectivity index (χ2v) is 8.46. The van der Waals surface area contributed by atoms with Crippen molar-refractivity contribution in [1.82, 2.24) is 14.7 Å². The Balaban J connectivity index is 3.02. The number of rotatable bonds is 6. The van der Waals surface area contributed by atoms with Crippen LogP contribution in [-0.2, 0) is 20.5 Å². The highest BCUT2D eigenvalue weighted by Gasteiger charge is 2.26. The number of hydrogen-bond donors (Lipinski definition) is 1. The Hall–Kier alpha value is -1.85. The summed E-state index contributed by atoms with van der Waals surface area (Å²) in [6, 6.07) is 1.93. The summed E-state index contributed by atoms with van der Waals surface area (Å²) in [6.07, 6.45) is 1.23. The molecule has 0 saturated carbocycles. The molecule has 0 aliphatic rings. The highest BCUT2D eigenvalue weighted by molar-refractivity contribution is 5.94. The Bertz CT molecular complexity index is 606. The van der Waals surface area contributed by atoms with E-state index in [4.69, 9.17) is 5.10 Å². The van der Waals surface area contributed by atoms with Gasteiger partial charge >= 0.3 is 0 Å². The molecule has 0 saturated heterocycles. The molecule has 0 radical (unpaired) electrons. The van der Waals surface area contributed by atoms with E-state index in [1.54, 1.807) is 4.90 Å².